The van der Waals surface area contributed by atoms with Crippen LogP contribution in [-0.2, 0) is 14.3 Å². The minimum atomic E-state index is -0.692. The minimum Gasteiger partial charge on any atom is -0.465 e. The maximum Gasteiger partial charge on any atom is 0.316 e. The number of para-hydroxylation sites is 1. The third-order valence-corrected chi connectivity index (χ3v) is 6.57. The molecule has 1 aliphatic heterocycles. The Morgan fingerprint density at radius 3 is 2.56 bits per heavy atom. The van der Waals surface area contributed by atoms with Crippen LogP contribution in [0.3, 0.4) is 0 Å². The van der Waals surface area contributed by atoms with Gasteiger partial charge in [-0.1, -0.05) is 73.1 Å². The van der Waals surface area contributed by atoms with Crippen molar-refractivity contribution in [3.8, 4) is 6.07 Å². The lowest BCUT2D eigenvalue weighted by atomic mass is 9.82. The van der Waals surface area contributed by atoms with Crippen molar-refractivity contribution in [1.29, 1.82) is 5.26 Å². The molecule has 1 amide bonds. The van der Waals surface area contributed by atoms with Crippen molar-refractivity contribution >= 4 is 40.9 Å². The third kappa shape index (κ3) is 6.22. The topological polar surface area (TPSA) is 91.2 Å². The molecule has 8 heteroatoms. The second kappa shape index (κ2) is 12.3. The van der Waals surface area contributed by atoms with Crippen molar-refractivity contribution < 1.29 is 14.3 Å². The summed E-state index contributed by atoms with van der Waals surface area (Å²) in [6.07, 6.45) is 1.74. The number of esters is 1. The number of carbonyl (C=O) groups excluding carboxylic acids is 2. The zero-order chi connectivity index (χ0) is 24.5. The van der Waals surface area contributed by atoms with E-state index >= 15 is 0 Å². The Labute approximate surface area is 209 Å². The molecule has 0 aliphatic carbocycles. The smallest absolute Gasteiger partial charge is 0.316 e. The molecule has 0 spiro atoms. The number of unbranched alkanes of at least 4 members (excludes halogenated alkanes) is 1. The number of thioether (sulfide) groups is 1. The molecule has 1 aliphatic rings. The Kier molecular flexibility index (Phi) is 9.20. The van der Waals surface area contributed by atoms with E-state index in [9.17, 15) is 14.9 Å². The molecule has 0 fully saturated rings. The van der Waals surface area contributed by atoms with Gasteiger partial charge in [-0.05, 0) is 37.1 Å². The number of allylic oxidation sites excluding steroid dienone is 2. The number of benzene rings is 2. The van der Waals surface area contributed by atoms with E-state index in [1.807, 2.05) is 31.2 Å². The number of amides is 1. The van der Waals surface area contributed by atoms with Crippen LogP contribution in [-0.4, -0.2) is 24.2 Å². The fourth-order valence-electron chi connectivity index (χ4n) is 3.57. The molecule has 3 rings (SSSR count). The molecule has 0 bridgehead atoms. The predicted molar refractivity (Wildman–Crippen MR) is 136 cm³/mol. The van der Waals surface area contributed by atoms with Gasteiger partial charge in [-0.3, -0.25) is 9.59 Å². The first-order valence-electron chi connectivity index (χ1n) is 11.0. The molecule has 0 saturated heterocycles. The van der Waals surface area contributed by atoms with E-state index in [0.717, 1.165) is 12.8 Å². The molecule has 6 nitrogen and oxygen atoms in total. The first kappa shape index (κ1) is 25.4. The highest BCUT2D eigenvalue weighted by molar-refractivity contribution is 8.03. The molecule has 1 atom stereocenters. The highest BCUT2D eigenvalue weighted by Gasteiger charge is 2.36. The van der Waals surface area contributed by atoms with Gasteiger partial charge in [-0.25, -0.2) is 0 Å². The van der Waals surface area contributed by atoms with Crippen LogP contribution in [0.1, 0.15) is 38.2 Å². The van der Waals surface area contributed by atoms with Crippen LogP contribution in [0.2, 0.25) is 5.02 Å². The van der Waals surface area contributed by atoms with Crippen LogP contribution in [0.25, 0.3) is 0 Å². The van der Waals surface area contributed by atoms with E-state index in [1.54, 1.807) is 37.3 Å². The number of dihydropyridines is 1. The predicted octanol–water partition coefficient (Wildman–Crippen LogP) is 5.75. The zero-order valence-corrected chi connectivity index (χ0v) is 20.6. The summed E-state index contributed by atoms with van der Waals surface area (Å²) in [5, 5.41) is 17.1. The lowest BCUT2D eigenvalue weighted by Crippen LogP contribution is -2.31. The quantitative estimate of drug-likeness (QED) is 0.340. The molecule has 0 saturated carbocycles. The fraction of sp³-hybridized carbons (Fsp3) is 0.269. The molecule has 2 N–H and O–H groups in total. The van der Waals surface area contributed by atoms with Crippen LogP contribution in [0.15, 0.2) is 76.5 Å². The molecule has 1 heterocycles. The van der Waals surface area contributed by atoms with Gasteiger partial charge in [0, 0.05) is 22.0 Å². The summed E-state index contributed by atoms with van der Waals surface area (Å²) in [5.41, 5.74) is 2.58. The molecule has 34 heavy (non-hydrogen) atoms. The summed E-state index contributed by atoms with van der Waals surface area (Å²) in [6, 6.07) is 18.5. The number of nitriles is 1. The second-order valence-corrected chi connectivity index (χ2v) is 9.05. The van der Waals surface area contributed by atoms with Crippen LogP contribution < -0.4 is 10.6 Å². The zero-order valence-electron chi connectivity index (χ0n) is 19.1. The minimum absolute atomic E-state index is 0.0469. The van der Waals surface area contributed by atoms with Gasteiger partial charge in [0.2, 0.25) is 0 Å². The second-order valence-electron chi connectivity index (χ2n) is 7.66. The van der Waals surface area contributed by atoms with Crippen molar-refractivity contribution in [2.75, 3.05) is 17.7 Å². The summed E-state index contributed by atoms with van der Waals surface area (Å²) >= 11 is 7.70. The highest BCUT2D eigenvalue weighted by atomic mass is 35.5. The van der Waals surface area contributed by atoms with Crippen molar-refractivity contribution in [2.45, 2.75) is 32.6 Å². The van der Waals surface area contributed by atoms with E-state index in [1.165, 1.54) is 11.8 Å². The number of hydrogen-bond donors (Lipinski definition) is 2. The largest absolute Gasteiger partial charge is 0.465 e. The SMILES string of the molecule is CCCCOC(=O)CSC1=C(C#N)C(c2ccccc2Cl)C(C(=O)Nc2ccccc2)=C(C)N1. The summed E-state index contributed by atoms with van der Waals surface area (Å²) in [5.74, 6) is -1.33. The van der Waals surface area contributed by atoms with Gasteiger partial charge in [-0.2, -0.15) is 5.26 Å². The normalized spacial score (nSPS) is 15.4. The fourth-order valence-corrected chi connectivity index (χ4v) is 4.71. The van der Waals surface area contributed by atoms with E-state index in [0.29, 0.717) is 44.8 Å². The number of nitrogens with one attached hydrogen (secondary N) is 2. The lowest BCUT2D eigenvalue weighted by Gasteiger charge is -2.30. The Hall–Kier alpha value is -3.21. The van der Waals surface area contributed by atoms with Crippen molar-refractivity contribution in [2.24, 2.45) is 0 Å². The molecule has 176 valence electrons. The van der Waals surface area contributed by atoms with Gasteiger partial charge in [-0.15, -0.1) is 0 Å². The van der Waals surface area contributed by atoms with Crippen LogP contribution in [0.4, 0.5) is 5.69 Å². The maximum absolute atomic E-state index is 13.4. The number of anilines is 1. The summed E-state index contributed by atoms with van der Waals surface area (Å²) in [7, 11) is 0. The van der Waals surface area contributed by atoms with Gasteiger partial charge in [0.25, 0.3) is 5.91 Å². The standard InChI is InChI=1S/C26H26ClN3O3S/c1-3-4-14-33-22(31)16-34-26-20(15-28)24(19-12-8-9-13-21(19)27)23(17(2)29-26)25(32)30-18-10-6-5-7-11-18/h5-13,24,29H,3-4,14,16H2,1-2H3,(H,30,32). The van der Waals surface area contributed by atoms with Gasteiger partial charge in [0.1, 0.15) is 0 Å². The Bertz CT molecular complexity index is 1160. The van der Waals surface area contributed by atoms with E-state index in [4.69, 9.17) is 16.3 Å². The molecule has 2 aromatic carbocycles. The van der Waals surface area contributed by atoms with Gasteiger partial charge < -0.3 is 15.4 Å². The summed E-state index contributed by atoms with van der Waals surface area (Å²) < 4.78 is 5.24. The number of ether oxygens (including phenoxy) is 1. The number of halogens is 1. The third-order valence-electron chi connectivity index (χ3n) is 5.24. The number of nitrogens with zero attached hydrogens (tertiary/aromatic N) is 1. The Morgan fingerprint density at radius 2 is 1.88 bits per heavy atom. The van der Waals surface area contributed by atoms with Gasteiger partial charge >= 0.3 is 5.97 Å². The Balaban J connectivity index is 1.95. The van der Waals surface area contributed by atoms with Crippen molar-refractivity contribution in [3.63, 3.8) is 0 Å². The molecular formula is C26H26ClN3O3S. The summed E-state index contributed by atoms with van der Waals surface area (Å²) in [6.45, 7) is 4.17. The lowest BCUT2D eigenvalue weighted by molar-refractivity contribution is -0.140. The van der Waals surface area contributed by atoms with Crippen LogP contribution in [0, 0.1) is 11.3 Å². The van der Waals surface area contributed by atoms with E-state index in [-0.39, 0.29) is 17.6 Å². The highest BCUT2D eigenvalue weighted by Crippen LogP contribution is 2.43. The van der Waals surface area contributed by atoms with Crippen molar-refractivity contribution in [3.05, 3.63) is 87.1 Å². The average Bonchev–Trinajstić information content (AvgIpc) is 2.83. The average molecular weight is 496 g/mol. The number of hydrogen-bond acceptors (Lipinski definition) is 6. The Morgan fingerprint density at radius 1 is 1.18 bits per heavy atom. The molecule has 0 radical (unpaired) electrons. The summed E-state index contributed by atoms with van der Waals surface area (Å²) in [4.78, 5) is 25.5. The van der Waals surface area contributed by atoms with E-state index in [2.05, 4.69) is 16.7 Å². The van der Waals surface area contributed by atoms with Crippen LogP contribution >= 0.6 is 23.4 Å². The maximum atomic E-state index is 13.4. The molecular weight excluding hydrogens is 470 g/mol. The molecule has 0 aromatic heterocycles. The first-order valence-corrected chi connectivity index (χ1v) is 12.3. The van der Waals surface area contributed by atoms with Gasteiger partial charge in [0.15, 0.2) is 0 Å². The molecule has 2 aromatic rings. The molecule has 1 unspecified atom stereocenters. The van der Waals surface area contributed by atoms with E-state index < -0.39 is 5.92 Å². The monoisotopic (exact) mass is 495 g/mol. The van der Waals surface area contributed by atoms with Crippen molar-refractivity contribution in [1.82, 2.24) is 5.32 Å². The number of carbonyl (C=O) groups is 2. The van der Waals surface area contributed by atoms with Crippen LogP contribution in [0.5, 0.6) is 0 Å². The van der Waals surface area contributed by atoms with Gasteiger partial charge in [0.05, 0.1) is 34.9 Å². The first-order chi connectivity index (χ1) is 16.5. The number of rotatable bonds is 9.